The molecule has 15 heavy (non-hydrogen) atoms. The number of hydrogen-bond acceptors (Lipinski definition) is 2. The van der Waals surface area contributed by atoms with Gasteiger partial charge < -0.3 is 4.74 Å². The fourth-order valence-electron chi connectivity index (χ4n) is 0.945. The van der Waals surface area contributed by atoms with Gasteiger partial charge in [-0.2, -0.15) is 0 Å². The summed E-state index contributed by atoms with van der Waals surface area (Å²) in [4.78, 5) is 11.5. The minimum atomic E-state index is -0.427. The summed E-state index contributed by atoms with van der Waals surface area (Å²) in [5.74, 6) is -0.282. The molecule has 86 valence electrons. The largest absolute Gasteiger partial charge is 0.456 e. The summed E-state index contributed by atoms with van der Waals surface area (Å²) in [7, 11) is 0. The highest BCUT2D eigenvalue weighted by Gasteiger charge is 2.16. The van der Waals surface area contributed by atoms with E-state index in [1.165, 1.54) is 0 Å². The molecule has 0 atom stereocenters. The van der Waals surface area contributed by atoms with E-state index in [9.17, 15) is 4.79 Å². The van der Waals surface area contributed by atoms with Crippen molar-refractivity contribution < 1.29 is 9.53 Å². The first-order valence-corrected chi connectivity index (χ1v) is 5.52. The van der Waals surface area contributed by atoms with Crippen molar-refractivity contribution in [1.82, 2.24) is 0 Å². The smallest absolute Gasteiger partial charge is 0.342 e. The molecule has 2 nitrogen and oxygen atoms in total. The van der Waals surface area contributed by atoms with Crippen molar-refractivity contribution in [1.29, 1.82) is 0 Å². The van der Waals surface area contributed by atoms with Crippen LogP contribution >= 0.6 is 0 Å². The molecule has 0 heterocycles. The number of carbonyl (C=O) groups excluding carboxylic acids is 1. The van der Waals surface area contributed by atoms with Crippen molar-refractivity contribution >= 4 is 5.97 Å². The highest BCUT2D eigenvalue weighted by molar-refractivity contribution is 5.87. The number of carbonyl (C=O) groups is 1. The predicted molar refractivity (Wildman–Crippen MR) is 62.6 cm³/mol. The first kappa shape index (κ1) is 14.0. The van der Waals surface area contributed by atoms with Gasteiger partial charge in [0.15, 0.2) is 0 Å². The van der Waals surface area contributed by atoms with E-state index >= 15 is 0 Å². The van der Waals surface area contributed by atoms with Gasteiger partial charge in [-0.1, -0.05) is 13.3 Å². The van der Waals surface area contributed by atoms with Crippen LogP contribution in [0.1, 0.15) is 53.9 Å². The maximum Gasteiger partial charge on any atom is 0.342 e. The second-order valence-electron chi connectivity index (χ2n) is 4.62. The summed E-state index contributed by atoms with van der Waals surface area (Å²) >= 11 is 0. The van der Waals surface area contributed by atoms with Crippen molar-refractivity contribution in [3.63, 3.8) is 0 Å². The monoisotopic (exact) mass is 210 g/mol. The van der Waals surface area contributed by atoms with Gasteiger partial charge in [0.1, 0.15) is 5.60 Å². The van der Waals surface area contributed by atoms with Gasteiger partial charge in [0.25, 0.3) is 0 Å². The van der Waals surface area contributed by atoms with E-state index in [-0.39, 0.29) is 5.97 Å². The maximum absolute atomic E-state index is 11.5. The molecule has 0 rings (SSSR count). The minimum absolute atomic E-state index is 0.282. The standard InChI is InChI=1S/C13H22O2/c1-6-7-8-9-10-11(2)12(14)15-13(3,4)5/h9H,6-8H2,1-5H3. The Labute approximate surface area is 93.0 Å². The molecule has 0 aromatic rings. The van der Waals surface area contributed by atoms with Crippen LogP contribution in [-0.4, -0.2) is 11.6 Å². The molecule has 0 radical (unpaired) electrons. The molecule has 0 bridgehead atoms. The summed E-state index contributed by atoms with van der Waals surface area (Å²) in [6.07, 6.45) is 5.16. The first-order valence-electron chi connectivity index (χ1n) is 5.52. The van der Waals surface area contributed by atoms with Gasteiger partial charge >= 0.3 is 5.97 Å². The molecule has 0 unspecified atom stereocenters. The topological polar surface area (TPSA) is 26.3 Å². The van der Waals surface area contributed by atoms with E-state index in [1.54, 1.807) is 6.92 Å². The Hall–Kier alpha value is -1.01. The Kier molecular flexibility index (Phi) is 6.03. The molecule has 0 aliphatic rings. The van der Waals surface area contributed by atoms with Gasteiger partial charge in [-0.15, -0.1) is 5.73 Å². The summed E-state index contributed by atoms with van der Waals surface area (Å²) in [6, 6.07) is 0. The lowest BCUT2D eigenvalue weighted by atomic mass is 10.2. The average molecular weight is 210 g/mol. The van der Waals surface area contributed by atoms with Gasteiger partial charge in [-0.05, 0) is 46.6 Å². The third kappa shape index (κ3) is 8.02. The van der Waals surface area contributed by atoms with E-state index in [0.29, 0.717) is 5.57 Å². The summed E-state index contributed by atoms with van der Waals surface area (Å²) in [5.41, 5.74) is 3.07. The summed E-state index contributed by atoms with van der Waals surface area (Å²) in [6.45, 7) is 9.45. The lowest BCUT2D eigenvalue weighted by Crippen LogP contribution is -2.24. The van der Waals surface area contributed by atoms with Crippen LogP contribution in [-0.2, 0) is 9.53 Å². The van der Waals surface area contributed by atoms with Crippen LogP contribution in [0.3, 0.4) is 0 Å². The normalized spacial score (nSPS) is 10.5. The second kappa shape index (κ2) is 6.47. The molecule has 0 spiro atoms. The Morgan fingerprint density at radius 2 is 2.00 bits per heavy atom. The molecule has 0 N–H and O–H groups in total. The molecule has 0 amide bonds. The third-order valence-electron chi connectivity index (χ3n) is 1.73. The van der Waals surface area contributed by atoms with Crippen LogP contribution < -0.4 is 0 Å². The minimum Gasteiger partial charge on any atom is -0.456 e. The fraction of sp³-hybridized carbons (Fsp3) is 0.692. The zero-order chi connectivity index (χ0) is 11.9. The zero-order valence-electron chi connectivity index (χ0n) is 10.5. The highest BCUT2D eigenvalue weighted by Crippen LogP contribution is 2.10. The van der Waals surface area contributed by atoms with Gasteiger partial charge in [0, 0.05) is 0 Å². The molecular weight excluding hydrogens is 188 g/mol. The van der Waals surface area contributed by atoms with Crippen LogP contribution in [0.15, 0.2) is 17.4 Å². The number of esters is 1. The zero-order valence-corrected chi connectivity index (χ0v) is 10.5. The van der Waals surface area contributed by atoms with Gasteiger partial charge in [-0.25, -0.2) is 4.79 Å². The molecule has 0 aromatic carbocycles. The SMILES string of the molecule is CCCCC=C=C(C)C(=O)OC(C)(C)C. The third-order valence-corrected chi connectivity index (χ3v) is 1.73. The Morgan fingerprint density at radius 1 is 1.40 bits per heavy atom. The lowest BCUT2D eigenvalue weighted by molar-refractivity contribution is -0.149. The quantitative estimate of drug-likeness (QED) is 0.306. The maximum atomic E-state index is 11.5. The average Bonchev–Trinajstić information content (AvgIpc) is 2.09. The van der Waals surface area contributed by atoms with Gasteiger partial charge in [-0.3, -0.25) is 0 Å². The van der Waals surface area contributed by atoms with E-state index in [2.05, 4.69) is 12.7 Å². The Morgan fingerprint density at radius 3 is 2.47 bits per heavy atom. The number of rotatable bonds is 4. The van der Waals surface area contributed by atoms with Crippen molar-refractivity contribution in [3.8, 4) is 0 Å². The van der Waals surface area contributed by atoms with E-state index in [1.807, 2.05) is 26.8 Å². The van der Waals surface area contributed by atoms with Crippen LogP contribution in [0.2, 0.25) is 0 Å². The molecule has 0 aliphatic carbocycles. The molecule has 0 saturated carbocycles. The van der Waals surface area contributed by atoms with E-state index in [0.717, 1.165) is 19.3 Å². The number of hydrogen-bond donors (Lipinski definition) is 0. The van der Waals surface area contributed by atoms with Gasteiger partial charge in [0.05, 0.1) is 5.57 Å². The highest BCUT2D eigenvalue weighted by atomic mass is 16.6. The number of ether oxygens (including phenoxy) is 1. The summed E-state index contributed by atoms with van der Waals surface area (Å²) in [5, 5.41) is 0. The molecule has 0 fully saturated rings. The van der Waals surface area contributed by atoms with Crippen LogP contribution in [0.5, 0.6) is 0 Å². The molecular formula is C13H22O2. The Balaban J connectivity index is 4.25. The van der Waals surface area contributed by atoms with Crippen molar-refractivity contribution in [2.75, 3.05) is 0 Å². The summed E-state index contributed by atoms with van der Waals surface area (Å²) < 4.78 is 5.20. The van der Waals surface area contributed by atoms with Crippen molar-refractivity contribution in [3.05, 3.63) is 17.4 Å². The van der Waals surface area contributed by atoms with Crippen LogP contribution in [0.4, 0.5) is 0 Å². The van der Waals surface area contributed by atoms with E-state index in [4.69, 9.17) is 4.74 Å². The van der Waals surface area contributed by atoms with Crippen molar-refractivity contribution in [2.24, 2.45) is 0 Å². The first-order chi connectivity index (χ1) is 6.87. The predicted octanol–water partition coefficient (Wildman–Crippen LogP) is 3.62. The molecule has 0 aliphatic heterocycles. The second-order valence-corrected chi connectivity index (χ2v) is 4.62. The van der Waals surface area contributed by atoms with Gasteiger partial charge in [0.2, 0.25) is 0 Å². The Bertz CT molecular complexity index is 263. The lowest BCUT2D eigenvalue weighted by Gasteiger charge is -2.18. The molecule has 2 heteroatoms. The van der Waals surface area contributed by atoms with Crippen LogP contribution in [0.25, 0.3) is 0 Å². The molecule has 0 saturated heterocycles. The van der Waals surface area contributed by atoms with Crippen molar-refractivity contribution in [2.45, 2.75) is 59.5 Å². The number of unbranched alkanes of at least 4 members (excludes halogenated alkanes) is 2. The molecule has 0 aromatic heterocycles. The van der Waals surface area contributed by atoms with Crippen LogP contribution in [0, 0.1) is 0 Å². The van der Waals surface area contributed by atoms with E-state index < -0.39 is 5.60 Å². The fourth-order valence-corrected chi connectivity index (χ4v) is 0.945.